The average Bonchev–Trinajstić information content (AvgIpc) is 2.90. The summed E-state index contributed by atoms with van der Waals surface area (Å²) in [5, 5.41) is 4.36. The van der Waals surface area contributed by atoms with Gasteiger partial charge in [-0.25, -0.2) is 14.4 Å². The van der Waals surface area contributed by atoms with Crippen LogP contribution < -0.4 is 20.4 Å². The second-order valence-corrected chi connectivity index (χ2v) is 8.91. The third-order valence-corrected chi connectivity index (χ3v) is 6.15. The highest BCUT2D eigenvalue weighted by Gasteiger charge is 2.24. The predicted octanol–water partition coefficient (Wildman–Crippen LogP) is 4.91. The number of thioether (sulfide) groups is 1. The Morgan fingerprint density at radius 1 is 0.972 bits per heavy atom. The number of benzene rings is 3. The van der Waals surface area contributed by atoms with Crippen LogP contribution >= 0.6 is 11.8 Å². The summed E-state index contributed by atoms with van der Waals surface area (Å²) in [5.74, 6) is 0.719. The first kappa shape index (κ1) is 25.1. The highest BCUT2D eigenvalue weighted by Crippen LogP contribution is 2.28. The van der Waals surface area contributed by atoms with Gasteiger partial charge in [0, 0.05) is 16.8 Å². The fourth-order valence-corrected chi connectivity index (χ4v) is 4.13. The number of hydrogen-bond donors (Lipinski definition) is 1. The Morgan fingerprint density at radius 3 is 2.47 bits per heavy atom. The van der Waals surface area contributed by atoms with Crippen molar-refractivity contribution in [2.75, 3.05) is 19.1 Å². The van der Waals surface area contributed by atoms with Crippen LogP contribution in [-0.4, -0.2) is 37.2 Å². The van der Waals surface area contributed by atoms with Crippen molar-refractivity contribution in [3.8, 4) is 11.5 Å². The van der Waals surface area contributed by atoms with Crippen LogP contribution in [0.3, 0.4) is 0 Å². The van der Waals surface area contributed by atoms with Gasteiger partial charge in [0.1, 0.15) is 29.7 Å². The average molecular weight is 508 g/mol. The van der Waals surface area contributed by atoms with Gasteiger partial charge in [-0.05, 0) is 54.3 Å². The van der Waals surface area contributed by atoms with Gasteiger partial charge in [-0.15, -0.1) is 0 Å². The molecule has 0 bridgehead atoms. The molecule has 3 aromatic carbocycles. The lowest BCUT2D eigenvalue weighted by Gasteiger charge is -2.17. The number of esters is 1. The normalized spacial score (nSPS) is 11.7. The minimum Gasteiger partial charge on any atom is -0.497 e. The molecule has 0 saturated heterocycles. The number of hydrogen-bond acceptors (Lipinski definition) is 8. The molecule has 0 aliphatic heterocycles. The number of amides is 1. The van der Waals surface area contributed by atoms with Crippen molar-refractivity contribution < 1.29 is 28.2 Å². The maximum atomic E-state index is 12.9. The molecule has 0 radical (unpaired) electrons. The Morgan fingerprint density at radius 2 is 1.72 bits per heavy atom. The summed E-state index contributed by atoms with van der Waals surface area (Å²) in [6, 6.07) is 18.3. The Hall–Kier alpha value is -3.98. The van der Waals surface area contributed by atoms with Gasteiger partial charge in [-0.1, -0.05) is 30.3 Å². The molecule has 1 heterocycles. The smallest absolute Gasteiger partial charge is 0.408 e. The molecule has 1 N–H and O–H groups in total. The SMILES string of the molecule is COc1ccc2c(c1)c(=O)oc1cc(OC(=O)[C@H](CCSC)NC(=O)OCc3ccccc3)ccc12. The van der Waals surface area contributed by atoms with Crippen molar-refractivity contribution in [1.82, 2.24) is 5.32 Å². The number of nitrogens with one attached hydrogen (secondary N) is 1. The maximum Gasteiger partial charge on any atom is 0.408 e. The van der Waals surface area contributed by atoms with Crippen LogP contribution in [0, 0.1) is 0 Å². The lowest BCUT2D eigenvalue weighted by atomic mass is 10.1. The van der Waals surface area contributed by atoms with Crippen LogP contribution in [0.25, 0.3) is 21.7 Å². The molecule has 0 spiro atoms. The van der Waals surface area contributed by atoms with E-state index < -0.39 is 23.7 Å². The fraction of sp³-hybridized carbons (Fsp3) is 0.222. The number of rotatable bonds is 9. The molecule has 8 nitrogen and oxygen atoms in total. The third-order valence-electron chi connectivity index (χ3n) is 5.51. The lowest BCUT2D eigenvalue weighted by molar-refractivity contribution is -0.136. The maximum absolute atomic E-state index is 12.9. The van der Waals surface area contributed by atoms with E-state index in [2.05, 4.69) is 5.32 Å². The molecule has 1 aromatic heterocycles. The molecule has 0 aliphatic rings. The zero-order valence-corrected chi connectivity index (χ0v) is 20.6. The minimum absolute atomic E-state index is 0.0838. The van der Waals surface area contributed by atoms with Gasteiger partial charge in [-0.2, -0.15) is 11.8 Å². The van der Waals surface area contributed by atoms with Gasteiger partial charge in [0.15, 0.2) is 0 Å². The van der Waals surface area contributed by atoms with Crippen LogP contribution in [0.1, 0.15) is 12.0 Å². The Kier molecular flexibility index (Phi) is 8.12. The van der Waals surface area contributed by atoms with Gasteiger partial charge >= 0.3 is 17.7 Å². The van der Waals surface area contributed by atoms with E-state index in [0.29, 0.717) is 34.1 Å². The topological polar surface area (TPSA) is 104 Å². The first-order chi connectivity index (χ1) is 17.5. The molecule has 0 aliphatic carbocycles. The monoisotopic (exact) mass is 507 g/mol. The first-order valence-corrected chi connectivity index (χ1v) is 12.6. The number of alkyl carbamates (subject to hydrolysis) is 1. The molecule has 4 aromatic rings. The van der Waals surface area contributed by atoms with Gasteiger partial charge in [-0.3, -0.25) is 0 Å². The van der Waals surface area contributed by atoms with E-state index in [4.69, 9.17) is 18.6 Å². The summed E-state index contributed by atoms with van der Waals surface area (Å²) in [7, 11) is 1.52. The largest absolute Gasteiger partial charge is 0.497 e. The van der Waals surface area contributed by atoms with Crippen LogP contribution in [0.15, 0.2) is 75.9 Å². The number of carbonyl (C=O) groups excluding carboxylic acids is 2. The highest BCUT2D eigenvalue weighted by molar-refractivity contribution is 7.98. The molecule has 0 unspecified atom stereocenters. The third kappa shape index (κ3) is 5.98. The standard InChI is InChI=1S/C27H25NO7S/c1-32-18-8-10-20-21-11-9-19(15-24(21)35-25(29)22(20)14-18)34-26(30)23(12-13-36-2)28-27(31)33-16-17-6-4-3-5-7-17/h3-11,14-15,23H,12-13,16H2,1-2H3,(H,28,31)/t23-/m0/s1. The molecular weight excluding hydrogens is 482 g/mol. The molecule has 36 heavy (non-hydrogen) atoms. The van der Waals surface area contributed by atoms with Crippen LogP contribution in [0.4, 0.5) is 4.79 Å². The van der Waals surface area contributed by atoms with Crippen molar-refractivity contribution in [3.05, 3.63) is 82.7 Å². The minimum atomic E-state index is -0.910. The molecule has 1 amide bonds. The second kappa shape index (κ2) is 11.6. The zero-order chi connectivity index (χ0) is 25.5. The highest BCUT2D eigenvalue weighted by atomic mass is 32.2. The van der Waals surface area contributed by atoms with E-state index in [0.717, 1.165) is 5.56 Å². The Bertz CT molecular complexity index is 1440. The van der Waals surface area contributed by atoms with E-state index in [1.807, 2.05) is 36.6 Å². The second-order valence-electron chi connectivity index (χ2n) is 7.92. The molecular formula is C27H25NO7S. The summed E-state index contributed by atoms with van der Waals surface area (Å²) in [6.45, 7) is 0.0838. The van der Waals surface area contributed by atoms with E-state index in [1.54, 1.807) is 30.3 Å². The summed E-state index contributed by atoms with van der Waals surface area (Å²) in [4.78, 5) is 37.7. The van der Waals surface area contributed by atoms with Crippen molar-refractivity contribution in [2.45, 2.75) is 19.1 Å². The van der Waals surface area contributed by atoms with Gasteiger partial charge < -0.3 is 23.9 Å². The first-order valence-electron chi connectivity index (χ1n) is 11.2. The van der Waals surface area contributed by atoms with E-state index in [-0.39, 0.29) is 17.9 Å². The lowest BCUT2D eigenvalue weighted by Crippen LogP contribution is -2.43. The Labute approximate surface area is 211 Å². The molecule has 9 heteroatoms. The molecule has 0 fully saturated rings. The van der Waals surface area contributed by atoms with Crippen LogP contribution in [0.2, 0.25) is 0 Å². The van der Waals surface area contributed by atoms with Crippen LogP contribution in [0.5, 0.6) is 11.5 Å². The summed E-state index contributed by atoms with van der Waals surface area (Å²) in [6.07, 6.45) is 1.55. The fourth-order valence-electron chi connectivity index (χ4n) is 3.66. The predicted molar refractivity (Wildman–Crippen MR) is 139 cm³/mol. The van der Waals surface area contributed by atoms with Gasteiger partial charge in [0.05, 0.1) is 12.5 Å². The molecule has 4 rings (SSSR count). The summed E-state index contributed by atoms with van der Waals surface area (Å²) < 4.78 is 21.4. The van der Waals surface area contributed by atoms with Gasteiger partial charge in [0.2, 0.25) is 0 Å². The van der Waals surface area contributed by atoms with Crippen molar-refractivity contribution in [2.24, 2.45) is 0 Å². The quantitative estimate of drug-likeness (QED) is 0.148. The number of carbonyl (C=O) groups is 2. The van der Waals surface area contributed by atoms with Gasteiger partial charge in [0.25, 0.3) is 0 Å². The summed E-state index contributed by atoms with van der Waals surface area (Å²) >= 11 is 1.54. The van der Waals surface area contributed by atoms with E-state index in [9.17, 15) is 14.4 Å². The van der Waals surface area contributed by atoms with Crippen molar-refractivity contribution in [1.29, 1.82) is 0 Å². The zero-order valence-electron chi connectivity index (χ0n) is 19.8. The number of methoxy groups -OCH3 is 1. The van der Waals surface area contributed by atoms with E-state index in [1.165, 1.54) is 24.9 Å². The molecule has 0 saturated carbocycles. The van der Waals surface area contributed by atoms with Crippen molar-refractivity contribution >= 4 is 45.6 Å². The molecule has 1 atom stereocenters. The number of ether oxygens (including phenoxy) is 3. The Balaban J connectivity index is 1.49. The molecule has 186 valence electrons. The summed E-state index contributed by atoms with van der Waals surface area (Å²) in [5.41, 5.74) is 0.582. The van der Waals surface area contributed by atoms with Crippen LogP contribution in [-0.2, 0) is 16.1 Å². The number of fused-ring (bicyclic) bond motifs is 3. The van der Waals surface area contributed by atoms with E-state index >= 15 is 0 Å². The van der Waals surface area contributed by atoms with Crippen molar-refractivity contribution in [3.63, 3.8) is 0 Å².